The Bertz CT molecular complexity index is 648. The Morgan fingerprint density at radius 1 is 1.10 bits per heavy atom. The van der Waals surface area contributed by atoms with Crippen LogP contribution in [0.2, 0.25) is 0 Å². The average molecular weight is 416 g/mol. The van der Waals surface area contributed by atoms with E-state index in [1.165, 1.54) is 45.2 Å². The van der Waals surface area contributed by atoms with Crippen LogP contribution >= 0.6 is 0 Å². The van der Waals surface area contributed by atoms with Gasteiger partial charge in [-0.05, 0) is 84.0 Å². The Morgan fingerprint density at radius 3 is 2.57 bits per heavy atom. The molecular weight excluding hydrogens is 374 g/mol. The molecule has 1 saturated carbocycles. The first-order valence-electron chi connectivity index (χ1n) is 12.2. The lowest BCUT2D eigenvalue weighted by molar-refractivity contribution is -0.118. The van der Waals surface area contributed by atoms with Crippen molar-refractivity contribution in [3.05, 3.63) is 23.9 Å². The summed E-state index contributed by atoms with van der Waals surface area (Å²) in [6, 6.07) is 2.00. The summed E-state index contributed by atoms with van der Waals surface area (Å²) >= 11 is 0. The van der Waals surface area contributed by atoms with Gasteiger partial charge in [-0.2, -0.15) is 0 Å². The summed E-state index contributed by atoms with van der Waals surface area (Å²) in [4.78, 5) is 20.4. The minimum atomic E-state index is 0.0398. The SMILES string of the molecule is CC(C)N1CCC(N2CCN(C3C=CC=C(C(=O)NCC4CC4)N3)CCC2C)CC1. The first-order chi connectivity index (χ1) is 14.5. The number of likely N-dealkylation sites (tertiary alicyclic amines) is 1. The van der Waals surface area contributed by atoms with Crippen LogP contribution in [0.3, 0.4) is 0 Å². The molecule has 3 fully saturated rings. The van der Waals surface area contributed by atoms with Crippen LogP contribution in [-0.4, -0.2) is 84.2 Å². The highest BCUT2D eigenvalue weighted by Crippen LogP contribution is 2.27. The number of amides is 1. The minimum absolute atomic E-state index is 0.0398. The van der Waals surface area contributed by atoms with E-state index in [0.717, 1.165) is 26.2 Å². The van der Waals surface area contributed by atoms with Crippen LogP contribution < -0.4 is 10.6 Å². The van der Waals surface area contributed by atoms with Gasteiger partial charge in [-0.1, -0.05) is 6.08 Å². The summed E-state index contributed by atoms with van der Waals surface area (Å²) in [5.41, 5.74) is 0.707. The molecule has 3 aliphatic heterocycles. The second kappa shape index (κ2) is 9.84. The van der Waals surface area contributed by atoms with Crippen molar-refractivity contribution in [3.63, 3.8) is 0 Å². The van der Waals surface area contributed by atoms with Gasteiger partial charge in [0.2, 0.25) is 0 Å². The number of rotatable bonds is 6. The van der Waals surface area contributed by atoms with E-state index >= 15 is 0 Å². The molecule has 4 rings (SSSR count). The summed E-state index contributed by atoms with van der Waals surface area (Å²) in [5, 5.41) is 6.57. The van der Waals surface area contributed by atoms with Gasteiger partial charge in [0.15, 0.2) is 0 Å². The lowest BCUT2D eigenvalue weighted by atomic mass is 10.00. The van der Waals surface area contributed by atoms with E-state index < -0.39 is 0 Å². The smallest absolute Gasteiger partial charge is 0.267 e. The molecule has 1 amide bonds. The van der Waals surface area contributed by atoms with Crippen molar-refractivity contribution in [3.8, 4) is 0 Å². The normalized spacial score (nSPS) is 30.1. The molecule has 0 radical (unpaired) electrons. The van der Waals surface area contributed by atoms with Crippen LogP contribution in [0.15, 0.2) is 23.9 Å². The molecule has 0 spiro atoms. The number of carbonyl (C=O) groups excluding carboxylic acids is 1. The molecule has 1 aliphatic carbocycles. The molecule has 2 N–H and O–H groups in total. The molecule has 0 aromatic carbocycles. The number of piperidine rings is 1. The Hall–Kier alpha value is -1.37. The molecule has 0 bridgehead atoms. The van der Waals surface area contributed by atoms with Gasteiger partial charge in [0.25, 0.3) is 5.91 Å². The average Bonchev–Trinajstić information content (AvgIpc) is 3.60. The number of dihydropyridines is 1. The molecule has 30 heavy (non-hydrogen) atoms. The van der Waals surface area contributed by atoms with Gasteiger partial charge >= 0.3 is 0 Å². The van der Waals surface area contributed by atoms with Gasteiger partial charge in [0, 0.05) is 44.3 Å². The lowest BCUT2D eigenvalue weighted by Crippen LogP contribution is -2.51. The Morgan fingerprint density at radius 2 is 1.87 bits per heavy atom. The van der Waals surface area contributed by atoms with E-state index in [9.17, 15) is 4.79 Å². The highest BCUT2D eigenvalue weighted by atomic mass is 16.2. The monoisotopic (exact) mass is 415 g/mol. The predicted molar refractivity (Wildman–Crippen MR) is 122 cm³/mol. The van der Waals surface area contributed by atoms with Crippen molar-refractivity contribution in [1.29, 1.82) is 0 Å². The fourth-order valence-corrected chi connectivity index (χ4v) is 5.17. The van der Waals surface area contributed by atoms with Crippen molar-refractivity contribution in [2.75, 3.05) is 39.3 Å². The zero-order chi connectivity index (χ0) is 21.1. The number of nitrogens with one attached hydrogen (secondary N) is 2. The molecule has 3 heterocycles. The predicted octanol–water partition coefficient (Wildman–Crippen LogP) is 2.15. The van der Waals surface area contributed by atoms with Crippen LogP contribution in [-0.2, 0) is 4.79 Å². The van der Waals surface area contributed by atoms with Crippen LogP contribution in [0, 0.1) is 5.92 Å². The summed E-state index contributed by atoms with van der Waals surface area (Å²) in [6.45, 7) is 13.5. The third kappa shape index (κ3) is 5.45. The van der Waals surface area contributed by atoms with Crippen LogP contribution in [0.4, 0.5) is 0 Å². The first kappa shape index (κ1) is 21.8. The number of nitrogens with zero attached hydrogens (tertiary/aromatic N) is 3. The Labute approximate surface area is 182 Å². The van der Waals surface area contributed by atoms with Gasteiger partial charge in [-0.15, -0.1) is 0 Å². The summed E-state index contributed by atoms with van der Waals surface area (Å²) < 4.78 is 0. The molecular formula is C24H41N5O. The molecule has 0 aromatic heterocycles. The fraction of sp³-hybridized carbons (Fsp3) is 0.792. The zero-order valence-electron chi connectivity index (χ0n) is 19.1. The van der Waals surface area contributed by atoms with E-state index in [-0.39, 0.29) is 12.1 Å². The fourth-order valence-electron chi connectivity index (χ4n) is 5.17. The molecule has 2 unspecified atom stereocenters. The Kier molecular flexibility index (Phi) is 7.16. The van der Waals surface area contributed by atoms with E-state index in [0.29, 0.717) is 29.7 Å². The maximum absolute atomic E-state index is 12.5. The molecule has 2 saturated heterocycles. The summed E-state index contributed by atoms with van der Waals surface area (Å²) in [7, 11) is 0. The highest BCUT2D eigenvalue weighted by Gasteiger charge is 2.32. The van der Waals surface area contributed by atoms with Crippen LogP contribution in [0.1, 0.15) is 52.9 Å². The third-order valence-electron chi connectivity index (χ3n) is 7.49. The van der Waals surface area contributed by atoms with Gasteiger partial charge in [0.1, 0.15) is 5.70 Å². The molecule has 4 aliphatic rings. The third-order valence-corrected chi connectivity index (χ3v) is 7.49. The number of hydrogen-bond donors (Lipinski definition) is 2. The quantitative estimate of drug-likeness (QED) is 0.696. The van der Waals surface area contributed by atoms with Gasteiger partial charge in [-0.25, -0.2) is 0 Å². The standard InChI is InChI=1S/C24H41N5O/c1-18(2)27-13-10-21(11-14-27)29-16-15-28(12-9-19(29)3)23-6-4-5-22(26-23)24(30)25-17-20-7-8-20/h4-6,18-21,23,26H,7-17H2,1-3H3,(H,25,30). The maximum Gasteiger partial charge on any atom is 0.267 e. The van der Waals surface area contributed by atoms with Crippen molar-refractivity contribution < 1.29 is 4.79 Å². The number of carbonyl (C=O) groups is 1. The summed E-state index contributed by atoms with van der Waals surface area (Å²) in [5.74, 6) is 0.743. The molecule has 6 heteroatoms. The molecule has 2 atom stereocenters. The van der Waals surface area contributed by atoms with E-state index in [1.54, 1.807) is 0 Å². The topological polar surface area (TPSA) is 50.9 Å². The largest absolute Gasteiger partial charge is 0.362 e. The van der Waals surface area contributed by atoms with Crippen molar-refractivity contribution in [1.82, 2.24) is 25.3 Å². The van der Waals surface area contributed by atoms with Crippen LogP contribution in [0.5, 0.6) is 0 Å². The lowest BCUT2D eigenvalue weighted by Gasteiger charge is -2.42. The molecule has 0 aromatic rings. The van der Waals surface area contributed by atoms with E-state index in [4.69, 9.17) is 0 Å². The van der Waals surface area contributed by atoms with E-state index in [1.807, 2.05) is 12.2 Å². The van der Waals surface area contributed by atoms with Crippen molar-refractivity contribution >= 4 is 5.91 Å². The zero-order valence-corrected chi connectivity index (χ0v) is 19.1. The van der Waals surface area contributed by atoms with Crippen molar-refractivity contribution in [2.24, 2.45) is 5.92 Å². The molecule has 6 nitrogen and oxygen atoms in total. The van der Waals surface area contributed by atoms with E-state index in [2.05, 4.69) is 52.2 Å². The van der Waals surface area contributed by atoms with Gasteiger partial charge in [-0.3, -0.25) is 14.6 Å². The molecule has 168 valence electrons. The summed E-state index contributed by atoms with van der Waals surface area (Å²) in [6.07, 6.45) is 12.5. The van der Waals surface area contributed by atoms with Crippen molar-refractivity contribution in [2.45, 2.75) is 77.2 Å². The number of hydrogen-bond acceptors (Lipinski definition) is 5. The minimum Gasteiger partial charge on any atom is -0.362 e. The van der Waals surface area contributed by atoms with Gasteiger partial charge in [0.05, 0.1) is 6.17 Å². The maximum atomic E-state index is 12.5. The van der Waals surface area contributed by atoms with Crippen LogP contribution in [0.25, 0.3) is 0 Å². The number of allylic oxidation sites excluding steroid dienone is 2. The second-order valence-corrected chi connectivity index (χ2v) is 9.98. The second-order valence-electron chi connectivity index (χ2n) is 9.98. The van der Waals surface area contributed by atoms with Gasteiger partial charge < -0.3 is 15.5 Å². The first-order valence-corrected chi connectivity index (χ1v) is 12.2. The highest BCUT2D eigenvalue weighted by molar-refractivity contribution is 5.93. The Balaban J connectivity index is 1.28.